The van der Waals surface area contributed by atoms with Crippen LogP contribution in [0.1, 0.15) is 24.8 Å². The molecular weight excluding hydrogens is 528 g/mol. The highest BCUT2D eigenvalue weighted by Crippen LogP contribution is 2.35. The van der Waals surface area contributed by atoms with E-state index in [0.29, 0.717) is 30.2 Å². The first kappa shape index (κ1) is 27.0. The van der Waals surface area contributed by atoms with Crippen molar-refractivity contribution in [2.24, 2.45) is 7.05 Å². The number of benzene rings is 2. The Balaban J connectivity index is 1.27. The zero-order valence-corrected chi connectivity index (χ0v) is 21.5. The van der Waals surface area contributed by atoms with Gasteiger partial charge in [0.05, 0.1) is 23.1 Å². The molecule has 208 valence electrons. The molecule has 0 bridgehead atoms. The van der Waals surface area contributed by atoms with Crippen molar-refractivity contribution in [1.82, 2.24) is 14.8 Å². The van der Waals surface area contributed by atoms with E-state index in [2.05, 4.69) is 20.7 Å². The largest absolute Gasteiger partial charge is 0.457 e. The fraction of sp³-hybridized carbons (Fsp3) is 0.250. The van der Waals surface area contributed by atoms with E-state index in [9.17, 15) is 22.4 Å². The standard InChI is InChI=1S/C28H26F4N6O2/c1-37-17-18(16-34-37)26-15-23(7-8-33-26)40-22-5-6-25(24(29)14-22)36-27(39)35-20-11-19(28(30,31)32)12-21(13-20)38-9-3-2-4-10-38/h5-8,11-17H,2-4,9-10H2,1H3,(H2,35,36,39). The molecule has 4 aromatic rings. The number of hydrogen-bond donors (Lipinski definition) is 2. The third kappa shape index (κ3) is 6.50. The van der Waals surface area contributed by atoms with Gasteiger partial charge in [0.2, 0.25) is 0 Å². The van der Waals surface area contributed by atoms with Crippen LogP contribution in [-0.4, -0.2) is 33.9 Å². The highest BCUT2D eigenvalue weighted by atomic mass is 19.4. The van der Waals surface area contributed by atoms with Gasteiger partial charge in [-0.2, -0.15) is 18.3 Å². The molecule has 2 N–H and O–H groups in total. The maximum absolute atomic E-state index is 14.8. The highest BCUT2D eigenvalue weighted by Gasteiger charge is 2.32. The van der Waals surface area contributed by atoms with E-state index in [1.54, 1.807) is 42.5 Å². The van der Waals surface area contributed by atoms with Crippen molar-refractivity contribution in [2.75, 3.05) is 28.6 Å². The van der Waals surface area contributed by atoms with Gasteiger partial charge >= 0.3 is 12.2 Å². The number of anilines is 3. The Morgan fingerprint density at radius 2 is 1.75 bits per heavy atom. The van der Waals surface area contributed by atoms with E-state index < -0.39 is 23.6 Å². The minimum Gasteiger partial charge on any atom is -0.457 e. The maximum atomic E-state index is 14.8. The van der Waals surface area contributed by atoms with Gasteiger partial charge in [-0.05, 0) is 55.7 Å². The van der Waals surface area contributed by atoms with Crippen LogP contribution in [0.3, 0.4) is 0 Å². The van der Waals surface area contributed by atoms with Crippen LogP contribution < -0.4 is 20.3 Å². The zero-order chi connectivity index (χ0) is 28.3. The van der Waals surface area contributed by atoms with Crippen molar-refractivity contribution in [3.63, 3.8) is 0 Å². The van der Waals surface area contributed by atoms with Crippen LogP contribution in [0.25, 0.3) is 11.3 Å². The number of pyridine rings is 1. The molecule has 0 spiro atoms. The number of carbonyl (C=O) groups excluding carboxylic acids is 1. The van der Waals surface area contributed by atoms with Gasteiger partial charge in [-0.1, -0.05) is 0 Å². The van der Waals surface area contributed by atoms with Crippen LogP contribution in [0.15, 0.2) is 67.1 Å². The normalized spacial score (nSPS) is 13.7. The van der Waals surface area contributed by atoms with Crippen molar-refractivity contribution in [3.8, 4) is 22.8 Å². The number of aryl methyl sites for hydroxylation is 1. The van der Waals surface area contributed by atoms with Gasteiger partial charge in [0.25, 0.3) is 0 Å². The van der Waals surface area contributed by atoms with Crippen molar-refractivity contribution in [2.45, 2.75) is 25.4 Å². The number of halogens is 4. The van der Waals surface area contributed by atoms with Gasteiger partial charge in [0.1, 0.15) is 17.3 Å². The summed E-state index contributed by atoms with van der Waals surface area (Å²) in [5.74, 6) is -0.191. The van der Waals surface area contributed by atoms with Crippen LogP contribution >= 0.6 is 0 Å². The minimum atomic E-state index is -4.59. The number of ether oxygens (including phenoxy) is 1. The summed E-state index contributed by atoms with van der Waals surface area (Å²) in [6, 6.07) is 9.70. The summed E-state index contributed by atoms with van der Waals surface area (Å²) in [6.45, 7) is 1.27. The molecule has 12 heteroatoms. The van der Waals surface area contributed by atoms with E-state index in [0.717, 1.165) is 43.0 Å². The maximum Gasteiger partial charge on any atom is 0.416 e. The molecule has 40 heavy (non-hydrogen) atoms. The molecule has 0 aliphatic carbocycles. The lowest BCUT2D eigenvalue weighted by atomic mass is 10.1. The average molecular weight is 555 g/mol. The van der Waals surface area contributed by atoms with Gasteiger partial charge in [-0.25, -0.2) is 9.18 Å². The predicted molar refractivity (Wildman–Crippen MR) is 143 cm³/mol. The molecule has 1 aliphatic rings. The number of nitrogens with zero attached hydrogens (tertiary/aromatic N) is 4. The van der Waals surface area contributed by atoms with E-state index in [1.165, 1.54) is 18.2 Å². The van der Waals surface area contributed by atoms with Crippen LogP contribution in [-0.2, 0) is 13.2 Å². The van der Waals surface area contributed by atoms with Gasteiger partial charge in [0, 0.05) is 61.6 Å². The van der Waals surface area contributed by atoms with E-state index in [-0.39, 0.29) is 17.1 Å². The summed E-state index contributed by atoms with van der Waals surface area (Å²) in [5, 5.41) is 8.86. The molecule has 1 aliphatic heterocycles. The highest BCUT2D eigenvalue weighted by molar-refractivity contribution is 6.00. The Labute approximate surface area is 227 Å². The molecule has 0 radical (unpaired) electrons. The quantitative estimate of drug-likeness (QED) is 0.249. The first-order valence-electron chi connectivity index (χ1n) is 12.6. The second-order valence-electron chi connectivity index (χ2n) is 9.42. The van der Waals surface area contributed by atoms with Crippen molar-refractivity contribution in [3.05, 3.63) is 78.5 Å². The first-order valence-corrected chi connectivity index (χ1v) is 12.6. The molecule has 1 fully saturated rings. The second-order valence-corrected chi connectivity index (χ2v) is 9.42. The number of nitrogens with one attached hydrogen (secondary N) is 2. The molecule has 0 saturated carbocycles. The molecule has 8 nitrogen and oxygen atoms in total. The number of piperidine rings is 1. The van der Waals surface area contributed by atoms with Gasteiger partial charge < -0.3 is 20.3 Å². The van der Waals surface area contributed by atoms with Crippen molar-refractivity contribution < 1.29 is 27.1 Å². The SMILES string of the molecule is Cn1cc(-c2cc(Oc3ccc(NC(=O)Nc4cc(N5CCCCC5)cc(C(F)(F)F)c4)c(F)c3)ccn2)cn1. The molecule has 2 amide bonds. The molecule has 2 aromatic carbocycles. The van der Waals surface area contributed by atoms with E-state index in [4.69, 9.17) is 4.74 Å². The van der Waals surface area contributed by atoms with Gasteiger partial charge in [-0.15, -0.1) is 0 Å². The Kier molecular flexibility index (Phi) is 7.58. The first-order chi connectivity index (χ1) is 19.1. The molecule has 0 atom stereocenters. The molecule has 3 heterocycles. The summed E-state index contributed by atoms with van der Waals surface area (Å²) in [5.41, 5.74) is 0.698. The lowest BCUT2D eigenvalue weighted by molar-refractivity contribution is -0.137. The lowest BCUT2D eigenvalue weighted by Gasteiger charge is -2.29. The van der Waals surface area contributed by atoms with Gasteiger partial charge in [0.15, 0.2) is 0 Å². The Morgan fingerprint density at radius 3 is 2.45 bits per heavy atom. The number of alkyl halides is 3. The van der Waals surface area contributed by atoms with Crippen molar-refractivity contribution >= 4 is 23.1 Å². The van der Waals surface area contributed by atoms with Crippen LogP contribution in [0, 0.1) is 5.82 Å². The summed E-state index contributed by atoms with van der Waals surface area (Å²) in [4.78, 5) is 18.8. The van der Waals surface area contributed by atoms with Crippen LogP contribution in [0.5, 0.6) is 11.5 Å². The second kappa shape index (κ2) is 11.2. The summed E-state index contributed by atoms with van der Waals surface area (Å²) in [6.07, 6.45) is 3.20. The summed E-state index contributed by atoms with van der Waals surface area (Å²) in [7, 11) is 1.79. The fourth-order valence-electron chi connectivity index (χ4n) is 4.45. The Hall–Kier alpha value is -4.61. The average Bonchev–Trinajstić information content (AvgIpc) is 3.36. The Morgan fingerprint density at radius 1 is 0.975 bits per heavy atom. The number of hydrogen-bond acceptors (Lipinski definition) is 5. The summed E-state index contributed by atoms with van der Waals surface area (Å²) >= 11 is 0. The third-order valence-corrected chi connectivity index (χ3v) is 6.38. The summed E-state index contributed by atoms with van der Waals surface area (Å²) < 4.78 is 62.8. The lowest BCUT2D eigenvalue weighted by Crippen LogP contribution is -2.30. The number of aromatic nitrogens is 3. The molecule has 0 unspecified atom stereocenters. The molecule has 2 aromatic heterocycles. The number of carbonyl (C=O) groups is 1. The number of rotatable bonds is 6. The van der Waals surface area contributed by atoms with Crippen molar-refractivity contribution in [1.29, 1.82) is 0 Å². The van der Waals surface area contributed by atoms with Gasteiger partial charge in [-0.3, -0.25) is 9.67 Å². The zero-order valence-electron chi connectivity index (χ0n) is 21.5. The topological polar surface area (TPSA) is 84.3 Å². The molecular formula is C28H26F4N6O2. The minimum absolute atomic E-state index is 0.0460. The smallest absolute Gasteiger partial charge is 0.416 e. The fourth-order valence-corrected chi connectivity index (χ4v) is 4.45. The van der Waals surface area contributed by atoms with E-state index in [1.807, 2.05) is 4.90 Å². The number of urea groups is 1. The van der Waals surface area contributed by atoms with E-state index >= 15 is 0 Å². The monoisotopic (exact) mass is 554 g/mol. The Bertz CT molecular complexity index is 1510. The molecule has 5 rings (SSSR count). The third-order valence-electron chi connectivity index (χ3n) is 6.38. The predicted octanol–water partition coefficient (Wildman–Crippen LogP) is 7.07. The van der Waals surface area contributed by atoms with Crippen LogP contribution in [0.2, 0.25) is 0 Å². The molecule has 1 saturated heterocycles. The number of amides is 2. The van der Waals surface area contributed by atoms with Crippen LogP contribution in [0.4, 0.5) is 39.4 Å².